The first-order chi connectivity index (χ1) is 9.65. The number of hydrogen-bond donors (Lipinski definition) is 2. The Morgan fingerprint density at radius 1 is 1.30 bits per heavy atom. The molecule has 0 saturated carbocycles. The number of rotatable bonds is 2. The Balaban J connectivity index is 1.99. The molecule has 0 spiro atoms. The highest BCUT2D eigenvalue weighted by molar-refractivity contribution is 6.02. The molecule has 1 aromatic carbocycles. The van der Waals surface area contributed by atoms with Crippen LogP contribution in [0.3, 0.4) is 0 Å². The zero-order chi connectivity index (χ0) is 14.1. The van der Waals surface area contributed by atoms with Crippen LogP contribution in [0.2, 0.25) is 0 Å². The lowest BCUT2D eigenvalue weighted by Gasteiger charge is -2.30. The molecule has 1 aliphatic rings. The van der Waals surface area contributed by atoms with Crippen LogP contribution < -0.4 is 16.0 Å². The Labute approximate surface area is 117 Å². The fraction of sp³-hybridized carbons (Fsp3) is 0.200. The maximum Gasteiger partial charge on any atom is 0.244 e. The minimum absolute atomic E-state index is 0.0400. The number of hydrogen-bond acceptors (Lipinski definition) is 4. The average Bonchev–Trinajstić information content (AvgIpc) is 2.46. The number of nitrogens with two attached hydrogens (primary N) is 1. The second-order valence-electron chi connectivity index (χ2n) is 4.89. The third-order valence-electron chi connectivity index (χ3n) is 3.34. The van der Waals surface area contributed by atoms with Crippen molar-refractivity contribution in [1.82, 2.24) is 4.98 Å². The van der Waals surface area contributed by atoms with Crippen LogP contribution in [0.4, 0.5) is 17.2 Å². The number of carbonyl (C=O) groups excluding carboxylic acids is 1. The molecule has 0 fully saturated rings. The van der Waals surface area contributed by atoms with Gasteiger partial charge >= 0.3 is 0 Å². The molecule has 5 nitrogen and oxygen atoms in total. The van der Waals surface area contributed by atoms with Crippen molar-refractivity contribution in [1.29, 1.82) is 0 Å². The smallest absolute Gasteiger partial charge is 0.244 e. The molecule has 0 radical (unpaired) electrons. The van der Waals surface area contributed by atoms with Crippen LogP contribution >= 0.6 is 0 Å². The van der Waals surface area contributed by atoms with Gasteiger partial charge in [0.25, 0.3) is 0 Å². The van der Waals surface area contributed by atoms with Crippen molar-refractivity contribution in [2.75, 3.05) is 16.8 Å². The number of anilines is 3. The van der Waals surface area contributed by atoms with E-state index in [0.717, 1.165) is 22.8 Å². The number of benzene rings is 1. The third kappa shape index (κ3) is 2.23. The van der Waals surface area contributed by atoms with Gasteiger partial charge in [0.05, 0.1) is 11.4 Å². The van der Waals surface area contributed by atoms with Crippen molar-refractivity contribution in [3.63, 3.8) is 0 Å². The van der Waals surface area contributed by atoms with Crippen molar-refractivity contribution in [3.8, 4) is 0 Å². The molecule has 0 aliphatic carbocycles. The predicted octanol–water partition coefficient (Wildman–Crippen LogP) is 2.19. The van der Waals surface area contributed by atoms with Gasteiger partial charge in [-0.3, -0.25) is 4.79 Å². The van der Waals surface area contributed by atoms with Crippen molar-refractivity contribution in [3.05, 3.63) is 48.2 Å². The summed E-state index contributed by atoms with van der Waals surface area (Å²) in [6.07, 6.45) is 1.76. The highest BCUT2D eigenvalue weighted by Gasteiger charge is 2.23. The van der Waals surface area contributed by atoms with E-state index in [9.17, 15) is 4.79 Å². The maximum atomic E-state index is 11.8. The lowest BCUT2D eigenvalue weighted by molar-refractivity contribution is -0.115. The van der Waals surface area contributed by atoms with E-state index in [1.807, 2.05) is 48.2 Å². The molecule has 3 rings (SSSR count). The number of amides is 1. The number of nitrogens with zero attached hydrogens (tertiary/aromatic N) is 2. The fourth-order valence-corrected chi connectivity index (χ4v) is 2.26. The third-order valence-corrected chi connectivity index (χ3v) is 3.34. The summed E-state index contributed by atoms with van der Waals surface area (Å²) in [7, 11) is 0. The van der Waals surface area contributed by atoms with Gasteiger partial charge in [-0.05, 0) is 30.7 Å². The van der Waals surface area contributed by atoms with Crippen LogP contribution in [0.5, 0.6) is 0 Å². The molecule has 0 saturated heterocycles. The first-order valence-electron chi connectivity index (χ1n) is 6.53. The average molecular weight is 268 g/mol. The summed E-state index contributed by atoms with van der Waals surface area (Å²) in [5.74, 6) is 0.707. The largest absolute Gasteiger partial charge is 0.324 e. The lowest BCUT2D eigenvalue weighted by atomic mass is 10.1. The molecule has 102 valence electrons. The van der Waals surface area contributed by atoms with Gasteiger partial charge in [-0.15, -0.1) is 0 Å². The highest BCUT2D eigenvalue weighted by Crippen LogP contribution is 2.33. The van der Waals surface area contributed by atoms with E-state index < -0.39 is 0 Å². The molecule has 5 heteroatoms. The molecule has 0 bridgehead atoms. The van der Waals surface area contributed by atoms with Gasteiger partial charge in [-0.2, -0.15) is 0 Å². The normalized spacial score (nSPS) is 15.5. The number of aromatic nitrogens is 1. The number of nitrogens with one attached hydrogen (secondary N) is 1. The van der Waals surface area contributed by atoms with Crippen molar-refractivity contribution in [2.45, 2.75) is 13.0 Å². The molecule has 2 heterocycles. The molecule has 1 amide bonds. The van der Waals surface area contributed by atoms with Crippen LogP contribution in [0.25, 0.3) is 0 Å². The summed E-state index contributed by atoms with van der Waals surface area (Å²) >= 11 is 0. The summed E-state index contributed by atoms with van der Waals surface area (Å²) in [5, 5.41) is 2.86. The fourth-order valence-electron chi connectivity index (χ4n) is 2.26. The van der Waals surface area contributed by atoms with Gasteiger partial charge in [-0.1, -0.05) is 18.2 Å². The summed E-state index contributed by atoms with van der Waals surface area (Å²) in [4.78, 5) is 18.1. The summed E-state index contributed by atoms with van der Waals surface area (Å²) in [5.41, 5.74) is 8.56. The van der Waals surface area contributed by atoms with Crippen LogP contribution in [-0.2, 0) is 4.79 Å². The van der Waals surface area contributed by atoms with Gasteiger partial charge in [0.15, 0.2) is 0 Å². The molecule has 1 aromatic heterocycles. The number of pyridine rings is 1. The zero-order valence-corrected chi connectivity index (χ0v) is 11.2. The number of fused-ring (bicyclic) bond motifs is 1. The first kappa shape index (κ1) is 12.6. The van der Waals surface area contributed by atoms with Crippen LogP contribution in [0, 0.1) is 0 Å². The van der Waals surface area contributed by atoms with Crippen molar-refractivity contribution < 1.29 is 4.79 Å². The minimum Gasteiger partial charge on any atom is -0.324 e. The van der Waals surface area contributed by atoms with E-state index in [2.05, 4.69) is 10.3 Å². The van der Waals surface area contributed by atoms with Gasteiger partial charge in [0, 0.05) is 12.2 Å². The molecular formula is C15H16N4O. The second-order valence-corrected chi connectivity index (χ2v) is 4.89. The van der Waals surface area contributed by atoms with Gasteiger partial charge in [0.2, 0.25) is 5.91 Å². The monoisotopic (exact) mass is 268 g/mol. The van der Waals surface area contributed by atoms with Gasteiger partial charge in [-0.25, -0.2) is 4.98 Å². The second kappa shape index (κ2) is 4.94. The van der Waals surface area contributed by atoms with E-state index in [-0.39, 0.29) is 18.5 Å². The summed E-state index contributed by atoms with van der Waals surface area (Å²) < 4.78 is 0. The zero-order valence-electron chi connectivity index (χ0n) is 11.2. The molecule has 3 N–H and O–H groups in total. The molecular weight excluding hydrogens is 252 g/mol. The predicted molar refractivity (Wildman–Crippen MR) is 78.9 cm³/mol. The summed E-state index contributed by atoms with van der Waals surface area (Å²) in [6, 6.07) is 11.5. The Bertz CT molecular complexity index is 637. The highest BCUT2D eigenvalue weighted by atomic mass is 16.2. The Morgan fingerprint density at radius 3 is 2.80 bits per heavy atom. The van der Waals surface area contributed by atoms with Crippen LogP contribution in [0.15, 0.2) is 42.6 Å². The van der Waals surface area contributed by atoms with Gasteiger partial charge in [0.1, 0.15) is 12.4 Å². The number of carbonyl (C=O) groups is 1. The van der Waals surface area contributed by atoms with Gasteiger partial charge < -0.3 is 16.0 Å². The Hall–Kier alpha value is -2.40. The van der Waals surface area contributed by atoms with E-state index in [1.165, 1.54) is 0 Å². The molecule has 0 unspecified atom stereocenters. The minimum atomic E-state index is -0.0477. The van der Waals surface area contributed by atoms with Crippen LogP contribution in [0.1, 0.15) is 18.5 Å². The molecule has 1 atom stereocenters. The van der Waals surface area contributed by atoms with E-state index >= 15 is 0 Å². The first-order valence-corrected chi connectivity index (χ1v) is 6.53. The van der Waals surface area contributed by atoms with Crippen molar-refractivity contribution >= 4 is 23.1 Å². The molecule has 1 aliphatic heterocycles. The van der Waals surface area contributed by atoms with E-state index in [4.69, 9.17) is 5.73 Å². The molecule has 2 aromatic rings. The lowest BCUT2D eigenvalue weighted by Crippen LogP contribution is -2.35. The Kier molecular flexibility index (Phi) is 3.12. The quantitative estimate of drug-likeness (QED) is 0.875. The maximum absolute atomic E-state index is 11.8. The van der Waals surface area contributed by atoms with E-state index in [1.54, 1.807) is 6.20 Å². The summed E-state index contributed by atoms with van der Waals surface area (Å²) in [6.45, 7) is 2.18. The van der Waals surface area contributed by atoms with E-state index in [0.29, 0.717) is 0 Å². The number of para-hydroxylation sites is 2. The van der Waals surface area contributed by atoms with Crippen LogP contribution in [-0.4, -0.2) is 17.4 Å². The topological polar surface area (TPSA) is 71.2 Å². The SMILES string of the molecule is C[C@@H](N)c1ccc(N2CC(=O)Nc3ccccc32)nc1. The molecule has 20 heavy (non-hydrogen) atoms. The van der Waals surface area contributed by atoms with Crippen molar-refractivity contribution in [2.24, 2.45) is 5.73 Å². The standard InChI is InChI=1S/C15H16N4O/c1-10(16)11-6-7-14(17-8-11)19-9-15(20)18-12-4-2-3-5-13(12)19/h2-8,10H,9,16H2,1H3,(H,18,20)/t10-/m1/s1. The Morgan fingerprint density at radius 2 is 2.10 bits per heavy atom.